The van der Waals surface area contributed by atoms with Crippen molar-refractivity contribution in [3.05, 3.63) is 97.6 Å². The first-order valence-corrected chi connectivity index (χ1v) is 27.0. The number of aromatic nitrogens is 2. The zero-order valence-electron chi connectivity index (χ0n) is 41.4. The van der Waals surface area contributed by atoms with E-state index in [1.807, 2.05) is 5.38 Å². The van der Waals surface area contributed by atoms with Crippen LogP contribution in [0.2, 0.25) is 0 Å². The molecule has 74 heavy (non-hydrogen) atoms. The van der Waals surface area contributed by atoms with Crippen LogP contribution in [0.1, 0.15) is 103 Å². The lowest BCUT2D eigenvalue weighted by atomic mass is 9.82. The number of unbranched alkanes of at least 4 members (excludes halogenated alkanes) is 6. The number of rotatable bonds is 27. The van der Waals surface area contributed by atoms with Gasteiger partial charge in [-0.05, 0) is 163 Å². The Kier molecular flexibility index (Phi) is 21.1. The highest BCUT2D eigenvalue weighted by Gasteiger charge is 2.35. The van der Waals surface area contributed by atoms with Crippen molar-refractivity contribution in [2.75, 3.05) is 26.4 Å². The average Bonchev–Trinajstić information content (AvgIpc) is 4.14. The molecule has 18 heteroatoms. The van der Waals surface area contributed by atoms with Crippen molar-refractivity contribution in [2.45, 2.75) is 103 Å². The summed E-state index contributed by atoms with van der Waals surface area (Å²) in [5.74, 6) is -1.29. The van der Waals surface area contributed by atoms with Crippen LogP contribution in [-0.4, -0.2) is 72.2 Å². The number of esters is 6. The lowest BCUT2D eigenvalue weighted by Crippen LogP contribution is -2.30. The van der Waals surface area contributed by atoms with E-state index in [2.05, 4.69) is 18.1 Å². The van der Waals surface area contributed by atoms with Crippen molar-refractivity contribution in [1.29, 1.82) is 0 Å². The fourth-order valence-corrected chi connectivity index (χ4v) is 10.3. The Morgan fingerprint density at radius 2 is 0.878 bits per heavy atom. The lowest BCUT2D eigenvalue weighted by Gasteiger charge is -2.26. The molecule has 3 aromatic carbocycles. The number of carbonyl (C=O) groups is 6. The van der Waals surface area contributed by atoms with Crippen LogP contribution in [0.3, 0.4) is 0 Å². The summed E-state index contributed by atoms with van der Waals surface area (Å²) in [7, 11) is 0. The zero-order chi connectivity index (χ0) is 52.1. The summed E-state index contributed by atoms with van der Waals surface area (Å²) < 4.78 is 45.6. The molecular formula is C56H62N2O14S2. The molecule has 0 amide bonds. The molecule has 2 aromatic heterocycles. The van der Waals surface area contributed by atoms with E-state index in [0.717, 1.165) is 63.5 Å². The molecule has 0 bridgehead atoms. The van der Waals surface area contributed by atoms with Gasteiger partial charge in [0.1, 0.15) is 33.2 Å². The number of fused-ring (bicyclic) bond motifs is 1. The number of hydrogen-bond donors (Lipinski definition) is 0. The van der Waals surface area contributed by atoms with Crippen molar-refractivity contribution in [2.24, 2.45) is 23.7 Å². The summed E-state index contributed by atoms with van der Waals surface area (Å²) in [5, 5.41) is 3.09. The van der Waals surface area contributed by atoms with Gasteiger partial charge in [0, 0.05) is 23.7 Å². The molecule has 0 aliphatic heterocycles. The SMILES string of the molecule is C=CC(=O)OCCCCCCOc1ccc(OC(=O)C2CCC(C(=O)Oc3ccc(OC(=O)C4CCC(C(=O)Oc5ccc(OCCCCCCOC(=O)C=C)cc5)CC4)c4sc(-c5nccs5)nc34)CC2)cc1. The molecule has 16 nitrogen and oxygen atoms in total. The third-order valence-electron chi connectivity index (χ3n) is 12.8. The second-order valence-electron chi connectivity index (χ2n) is 18.1. The molecule has 2 aliphatic rings. The van der Waals surface area contributed by atoms with Crippen molar-refractivity contribution in [3.8, 4) is 44.5 Å². The largest absolute Gasteiger partial charge is 0.494 e. The maximum Gasteiger partial charge on any atom is 0.330 e. The van der Waals surface area contributed by atoms with E-state index in [4.69, 9.17) is 42.9 Å². The highest BCUT2D eigenvalue weighted by atomic mass is 32.1. The maximum atomic E-state index is 13.7. The van der Waals surface area contributed by atoms with Crippen LogP contribution in [0.25, 0.3) is 20.2 Å². The number of carbonyl (C=O) groups excluding carboxylic acids is 6. The van der Waals surface area contributed by atoms with Crippen LogP contribution in [0.4, 0.5) is 0 Å². The smallest absolute Gasteiger partial charge is 0.330 e. The summed E-state index contributed by atoms with van der Waals surface area (Å²) in [6.45, 7) is 8.58. The average molecular weight is 1050 g/mol. The molecule has 0 N–H and O–H groups in total. The van der Waals surface area contributed by atoms with Crippen LogP contribution >= 0.6 is 22.7 Å². The molecule has 0 saturated heterocycles. The lowest BCUT2D eigenvalue weighted by molar-refractivity contribution is -0.145. The fourth-order valence-electron chi connectivity index (χ4n) is 8.62. The van der Waals surface area contributed by atoms with Crippen molar-refractivity contribution in [3.63, 3.8) is 0 Å². The van der Waals surface area contributed by atoms with Gasteiger partial charge in [-0.2, -0.15) is 0 Å². The maximum absolute atomic E-state index is 13.7. The molecule has 392 valence electrons. The summed E-state index contributed by atoms with van der Waals surface area (Å²) in [5.41, 5.74) is 0.372. The van der Waals surface area contributed by atoms with Gasteiger partial charge in [-0.25, -0.2) is 19.6 Å². The second kappa shape index (κ2) is 28.5. The predicted octanol–water partition coefficient (Wildman–Crippen LogP) is 11.4. The van der Waals surface area contributed by atoms with Crippen molar-refractivity contribution in [1.82, 2.24) is 9.97 Å². The number of thiazole rings is 2. The summed E-state index contributed by atoms with van der Waals surface area (Å²) in [6, 6.07) is 17.0. The summed E-state index contributed by atoms with van der Waals surface area (Å²) >= 11 is 2.70. The van der Waals surface area contributed by atoms with Crippen LogP contribution in [0, 0.1) is 23.7 Å². The van der Waals surface area contributed by atoms with Gasteiger partial charge >= 0.3 is 35.8 Å². The summed E-state index contributed by atoms with van der Waals surface area (Å²) in [6.07, 6.45) is 14.6. The molecule has 0 atom stereocenters. The van der Waals surface area contributed by atoms with Crippen molar-refractivity contribution >= 4 is 68.7 Å². The number of ether oxygens (including phenoxy) is 8. The predicted molar refractivity (Wildman–Crippen MR) is 277 cm³/mol. The van der Waals surface area contributed by atoms with Gasteiger partial charge in [-0.3, -0.25) is 19.2 Å². The molecule has 5 aromatic rings. The minimum absolute atomic E-state index is 0.233. The van der Waals surface area contributed by atoms with Crippen LogP contribution in [0.5, 0.6) is 34.5 Å². The minimum atomic E-state index is -0.440. The van der Waals surface area contributed by atoms with E-state index in [0.29, 0.717) is 121 Å². The molecule has 2 saturated carbocycles. The number of nitrogens with zero attached hydrogens (tertiary/aromatic N) is 2. The van der Waals surface area contributed by atoms with Gasteiger partial charge in [-0.15, -0.1) is 22.7 Å². The van der Waals surface area contributed by atoms with E-state index in [-0.39, 0.29) is 35.3 Å². The molecule has 0 unspecified atom stereocenters. The van der Waals surface area contributed by atoms with E-state index in [1.165, 1.54) is 22.7 Å². The topological polar surface area (TPSA) is 202 Å². The number of benzene rings is 3. The quantitative estimate of drug-likeness (QED) is 0.0208. The Balaban J connectivity index is 0.836. The van der Waals surface area contributed by atoms with E-state index < -0.39 is 35.7 Å². The highest BCUT2D eigenvalue weighted by Crippen LogP contribution is 2.43. The Bertz CT molecular complexity index is 2500. The standard InChI is InChI=1S/C56H62N2O14S2/c1-3-47(59)67-34-11-7-5-9-32-65-41-21-25-43(26-22-41)69-53(61)37-13-17-39(18-14-37)55(63)71-45-29-30-46(50-49(45)58-52(74-50)51-57-31-36-73-51)72-56(64)40-19-15-38(16-20-40)54(62)70-44-27-23-42(24-28-44)66-33-10-6-8-12-35-68-48(60)4-2/h3-4,21-31,36-40H,1-2,5-20,32-35H2. The van der Waals surface area contributed by atoms with Crippen LogP contribution in [0.15, 0.2) is 97.6 Å². The normalized spacial score (nSPS) is 17.3. The third kappa shape index (κ3) is 16.5. The first kappa shape index (κ1) is 54.8. The fraction of sp³-hybridized carbons (Fsp3) is 0.429. The molecule has 0 spiro atoms. The zero-order valence-corrected chi connectivity index (χ0v) is 43.0. The number of hydrogen-bond acceptors (Lipinski definition) is 18. The van der Waals surface area contributed by atoms with Gasteiger partial charge in [0.25, 0.3) is 0 Å². The van der Waals surface area contributed by atoms with E-state index in [1.54, 1.807) is 66.9 Å². The van der Waals surface area contributed by atoms with Gasteiger partial charge < -0.3 is 37.9 Å². The Hall–Kier alpha value is -6.92. The Morgan fingerprint density at radius 1 is 0.486 bits per heavy atom. The molecule has 2 heterocycles. The molecule has 7 rings (SSSR count). The molecular weight excluding hydrogens is 989 g/mol. The van der Waals surface area contributed by atoms with E-state index in [9.17, 15) is 28.8 Å². The monoisotopic (exact) mass is 1050 g/mol. The molecule has 0 radical (unpaired) electrons. The first-order chi connectivity index (χ1) is 36.1. The van der Waals surface area contributed by atoms with Crippen molar-refractivity contribution < 1.29 is 66.7 Å². The molecule has 2 aliphatic carbocycles. The van der Waals surface area contributed by atoms with E-state index >= 15 is 0 Å². The first-order valence-electron chi connectivity index (χ1n) is 25.3. The van der Waals surface area contributed by atoms with Crippen LogP contribution in [-0.2, 0) is 38.2 Å². The van der Waals surface area contributed by atoms with Gasteiger partial charge in [-0.1, -0.05) is 13.2 Å². The summed E-state index contributed by atoms with van der Waals surface area (Å²) in [4.78, 5) is 85.0. The van der Waals surface area contributed by atoms with Crippen LogP contribution < -0.4 is 28.4 Å². The van der Waals surface area contributed by atoms with Gasteiger partial charge in [0.2, 0.25) is 0 Å². The minimum Gasteiger partial charge on any atom is -0.494 e. The van der Waals surface area contributed by atoms with Gasteiger partial charge in [0.15, 0.2) is 21.5 Å². The second-order valence-corrected chi connectivity index (χ2v) is 20.0. The Morgan fingerprint density at radius 3 is 1.30 bits per heavy atom. The third-order valence-corrected chi connectivity index (χ3v) is 14.8. The highest BCUT2D eigenvalue weighted by molar-refractivity contribution is 7.25. The molecule has 2 fully saturated rings. The Labute approximate surface area is 438 Å². The van der Waals surface area contributed by atoms with Gasteiger partial charge in [0.05, 0.1) is 50.1 Å².